The summed E-state index contributed by atoms with van der Waals surface area (Å²) in [5.41, 5.74) is 1.44. The van der Waals surface area contributed by atoms with E-state index in [1.54, 1.807) is 18.2 Å². The SMILES string of the molecule is COC(=O)[C@]1(C/C=C/c2ccc(Cl)cc2)CCc2ccccc2C1=O. The van der Waals surface area contributed by atoms with E-state index in [9.17, 15) is 9.59 Å². The van der Waals surface area contributed by atoms with Gasteiger partial charge in [0, 0.05) is 10.6 Å². The molecule has 3 rings (SSSR count). The van der Waals surface area contributed by atoms with Gasteiger partial charge in [0.05, 0.1) is 7.11 Å². The van der Waals surface area contributed by atoms with Crippen molar-refractivity contribution < 1.29 is 14.3 Å². The summed E-state index contributed by atoms with van der Waals surface area (Å²) in [6, 6.07) is 14.9. The summed E-state index contributed by atoms with van der Waals surface area (Å²) in [5, 5.41) is 0.669. The quantitative estimate of drug-likeness (QED) is 0.588. The number of esters is 1. The zero-order valence-corrected chi connectivity index (χ0v) is 14.8. The minimum atomic E-state index is -1.15. The lowest BCUT2D eigenvalue weighted by Crippen LogP contribution is -2.43. The average Bonchev–Trinajstić information content (AvgIpc) is 2.65. The van der Waals surface area contributed by atoms with Crippen LogP contribution < -0.4 is 0 Å². The highest BCUT2D eigenvalue weighted by atomic mass is 35.5. The minimum Gasteiger partial charge on any atom is -0.468 e. The molecule has 0 heterocycles. The van der Waals surface area contributed by atoms with Crippen LogP contribution in [-0.4, -0.2) is 18.9 Å². The molecule has 1 aliphatic carbocycles. The lowest BCUT2D eigenvalue weighted by atomic mass is 9.68. The van der Waals surface area contributed by atoms with Gasteiger partial charge in [0.25, 0.3) is 0 Å². The average molecular weight is 355 g/mol. The number of Topliss-reactive ketones (excluding diaryl/α,β-unsaturated/α-hetero) is 1. The number of carbonyl (C=O) groups excluding carboxylic acids is 2. The van der Waals surface area contributed by atoms with Crippen LogP contribution in [-0.2, 0) is 16.0 Å². The largest absolute Gasteiger partial charge is 0.468 e. The number of aryl methyl sites for hydroxylation is 1. The van der Waals surface area contributed by atoms with E-state index in [2.05, 4.69) is 0 Å². The molecule has 0 aliphatic heterocycles. The molecule has 0 amide bonds. The van der Waals surface area contributed by atoms with Crippen molar-refractivity contribution in [3.63, 3.8) is 0 Å². The van der Waals surface area contributed by atoms with Crippen molar-refractivity contribution >= 4 is 29.4 Å². The fourth-order valence-corrected chi connectivity index (χ4v) is 3.44. The van der Waals surface area contributed by atoms with Gasteiger partial charge in [0.15, 0.2) is 5.78 Å². The van der Waals surface area contributed by atoms with Crippen molar-refractivity contribution in [2.75, 3.05) is 7.11 Å². The first kappa shape index (κ1) is 17.4. The van der Waals surface area contributed by atoms with Crippen molar-refractivity contribution in [1.82, 2.24) is 0 Å². The third-order valence-corrected chi connectivity index (χ3v) is 4.99. The summed E-state index contributed by atoms with van der Waals surface area (Å²) in [6.45, 7) is 0. The number of hydrogen-bond donors (Lipinski definition) is 0. The number of hydrogen-bond acceptors (Lipinski definition) is 3. The fourth-order valence-electron chi connectivity index (χ4n) is 3.32. The molecule has 0 fully saturated rings. The second-order valence-electron chi connectivity index (χ2n) is 6.22. The van der Waals surface area contributed by atoms with Crippen LogP contribution >= 0.6 is 11.6 Å². The van der Waals surface area contributed by atoms with Gasteiger partial charge in [0.1, 0.15) is 5.41 Å². The lowest BCUT2D eigenvalue weighted by Gasteiger charge is -2.33. The summed E-state index contributed by atoms with van der Waals surface area (Å²) < 4.78 is 4.99. The van der Waals surface area contributed by atoms with Crippen LogP contribution in [0.3, 0.4) is 0 Å². The number of ether oxygens (including phenoxy) is 1. The summed E-state index contributed by atoms with van der Waals surface area (Å²) in [5.74, 6) is -0.616. The zero-order chi connectivity index (χ0) is 17.9. The van der Waals surface area contributed by atoms with E-state index < -0.39 is 11.4 Å². The molecule has 1 atom stereocenters. The zero-order valence-electron chi connectivity index (χ0n) is 14.0. The molecule has 2 aromatic rings. The van der Waals surface area contributed by atoms with E-state index in [0.717, 1.165) is 11.1 Å². The van der Waals surface area contributed by atoms with E-state index in [-0.39, 0.29) is 5.78 Å². The summed E-state index contributed by atoms with van der Waals surface area (Å²) >= 11 is 5.89. The summed E-state index contributed by atoms with van der Waals surface area (Å²) in [6.07, 6.45) is 5.22. The Kier molecular flexibility index (Phi) is 5.05. The molecule has 0 saturated heterocycles. The van der Waals surface area contributed by atoms with Gasteiger partial charge in [-0.05, 0) is 42.5 Å². The van der Waals surface area contributed by atoms with Gasteiger partial charge in [-0.15, -0.1) is 0 Å². The van der Waals surface area contributed by atoms with Crippen LogP contribution in [0.1, 0.15) is 34.3 Å². The van der Waals surface area contributed by atoms with Gasteiger partial charge in [-0.2, -0.15) is 0 Å². The maximum absolute atomic E-state index is 13.1. The third kappa shape index (κ3) is 3.38. The Morgan fingerprint density at radius 3 is 2.64 bits per heavy atom. The molecule has 0 unspecified atom stereocenters. The molecule has 3 nitrogen and oxygen atoms in total. The Morgan fingerprint density at radius 2 is 1.92 bits per heavy atom. The smallest absolute Gasteiger partial charge is 0.320 e. The molecule has 1 aliphatic rings. The van der Waals surface area contributed by atoms with Crippen molar-refractivity contribution in [1.29, 1.82) is 0 Å². The molecular formula is C21H19ClO3. The minimum absolute atomic E-state index is 0.151. The highest BCUT2D eigenvalue weighted by Gasteiger charge is 2.48. The van der Waals surface area contributed by atoms with Gasteiger partial charge in [-0.3, -0.25) is 9.59 Å². The van der Waals surface area contributed by atoms with Crippen molar-refractivity contribution in [3.8, 4) is 0 Å². The molecule has 0 aromatic heterocycles. The first-order chi connectivity index (χ1) is 12.1. The van der Waals surface area contributed by atoms with Crippen LogP contribution in [0.4, 0.5) is 0 Å². The van der Waals surface area contributed by atoms with Gasteiger partial charge in [0.2, 0.25) is 0 Å². The van der Waals surface area contributed by atoms with E-state index in [1.807, 2.05) is 42.5 Å². The molecular weight excluding hydrogens is 336 g/mol. The maximum Gasteiger partial charge on any atom is 0.320 e. The summed E-state index contributed by atoms with van der Waals surface area (Å²) in [4.78, 5) is 25.6. The van der Waals surface area contributed by atoms with Crippen LogP contribution in [0.25, 0.3) is 6.08 Å². The Labute approximate surface area is 152 Å². The Balaban J connectivity index is 1.89. The van der Waals surface area contributed by atoms with Gasteiger partial charge in [-0.1, -0.05) is 60.2 Å². The van der Waals surface area contributed by atoms with Gasteiger partial charge in [-0.25, -0.2) is 0 Å². The van der Waals surface area contributed by atoms with Crippen LogP contribution in [0.5, 0.6) is 0 Å². The predicted molar refractivity (Wildman–Crippen MR) is 98.6 cm³/mol. The maximum atomic E-state index is 13.1. The Bertz CT molecular complexity index is 823. The number of halogens is 1. The number of rotatable bonds is 4. The van der Waals surface area contributed by atoms with Gasteiger partial charge >= 0.3 is 5.97 Å². The topological polar surface area (TPSA) is 43.4 Å². The number of benzene rings is 2. The van der Waals surface area contributed by atoms with E-state index >= 15 is 0 Å². The molecule has 25 heavy (non-hydrogen) atoms. The van der Waals surface area contributed by atoms with Crippen molar-refractivity contribution in [2.24, 2.45) is 5.41 Å². The second-order valence-corrected chi connectivity index (χ2v) is 6.65. The van der Waals surface area contributed by atoms with Gasteiger partial charge < -0.3 is 4.74 Å². The summed E-state index contributed by atoms with van der Waals surface area (Å²) in [7, 11) is 1.33. The molecule has 0 saturated carbocycles. The van der Waals surface area contributed by atoms with Crippen LogP contribution in [0.2, 0.25) is 5.02 Å². The Hall–Kier alpha value is -2.39. The molecule has 2 aromatic carbocycles. The Morgan fingerprint density at radius 1 is 1.20 bits per heavy atom. The van der Waals surface area contributed by atoms with E-state index in [4.69, 9.17) is 16.3 Å². The van der Waals surface area contributed by atoms with E-state index in [1.165, 1.54) is 7.11 Å². The monoisotopic (exact) mass is 354 g/mol. The standard InChI is InChI=1S/C21H19ClO3/c1-25-20(24)21(13-4-5-15-8-10-17(22)11-9-15)14-12-16-6-2-3-7-18(16)19(21)23/h2-11H,12-14H2,1H3/b5-4+/t21-/m1/s1. The predicted octanol–water partition coefficient (Wildman–Crippen LogP) is 4.73. The molecule has 0 bridgehead atoms. The molecule has 0 N–H and O–H groups in total. The molecule has 0 spiro atoms. The highest BCUT2D eigenvalue weighted by Crippen LogP contribution is 2.40. The molecule has 0 radical (unpaired) electrons. The third-order valence-electron chi connectivity index (χ3n) is 4.74. The normalized spacial score (nSPS) is 19.7. The number of ketones is 1. The first-order valence-corrected chi connectivity index (χ1v) is 8.58. The number of methoxy groups -OCH3 is 1. The van der Waals surface area contributed by atoms with Crippen LogP contribution in [0.15, 0.2) is 54.6 Å². The fraction of sp³-hybridized carbons (Fsp3) is 0.238. The molecule has 128 valence electrons. The molecule has 4 heteroatoms. The highest BCUT2D eigenvalue weighted by molar-refractivity contribution is 6.30. The lowest BCUT2D eigenvalue weighted by molar-refractivity contribution is -0.150. The van der Waals surface area contributed by atoms with Crippen molar-refractivity contribution in [3.05, 3.63) is 76.3 Å². The first-order valence-electron chi connectivity index (χ1n) is 8.20. The van der Waals surface area contributed by atoms with E-state index in [0.29, 0.717) is 29.8 Å². The number of fused-ring (bicyclic) bond motifs is 1. The number of carbonyl (C=O) groups is 2. The van der Waals surface area contributed by atoms with Crippen LogP contribution in [0, 0.1) is 5.41 Å². The second kappa shape index (κ2) is 7.24. The number of allylic oxidation sites excluding steroid dienone is 1. The van der Waals surface area contributed by atoms with Crippen molar-refractivity contribution in [2.45, 2.75) is 19.3 Å².